The van der Waals surface area contributed by atoms with Crippen molar-refractivity contribution in [1.82, 2.24) is 0 Å². The van der Waals surface area contributed by atoms with Crippen molar-refractivity contribution in [2.45, 2.75) is 65.2 Å². The summed E-state index contributed by atoms with van der Waals surface area (Å²) in [5.74, 6) is 0.832. The molecule has 1 aliphatic rings. The summed E-state index contributed by atoms with van der Waals surface area (Å²) in [6, 6.07) is 0. The molecule has 0 amide bonds. The molecular formula is C19H30. The summed E-state index contributed by atoms with van der Waals surface area (Å²) >= 11 is 0. The Morgan fingerprint density at radius 2 is 2.05 bits per heavy atom. The van der Waals surface area contributed by atoms with E-state index in [9.17, 15) is 0 Å². The summed E-state index contributed by atoms with van der Waals surface area (Å²) in [5.41, 5.74) is 1.63. The van der Waals surface area contributed by atoms with Gasteiger partial charge in [0.1, 0.15) is 0 Å². The molecule has 19 heavy (non-hydrogen) atoms. The third kappa shape index (κ3) is 8.64. The summed E-state index contributed by atoms with van der Waals surface area (Å²) in [6.07, 6.45) is 26.0. The van der Waals surface area contributed by atoms with Crippen molar-refractivity contribution in [1.29, 1.82) is 0 Å². The maximum absolute atomic E-state index is 2.34. The van der Waals surface area contributed by atoms with Gasteiger partial charge in [0, 0.05) is 0 Å². The van der Waals surface area contributed by atoms with E-state index < -0.39 is 0 Å². The highest BCUT2D eigenvalue weighted by Crippen LogP contribution is 2.17. The fourth-order valence-electron chi connectivity index (χ4n) is 2.19. The SMILES string of the molecule is CCC(C)CC=CCC=CCCCC1=CC=CCC1. The molecule has 0 aromatic rings. The third-order valence-corrected chi connectivity index (χ3v) is 3.81. The zero-order chi connectivity index (χ0) is 13.8. The molecule has 1 atom stereocenters. The minimum atomic E-state index is 0.832. The number of hydrogen-bond acceptors (Lipinski definition) is 0. The minimum absolute atomic E-state index is 0.832. The van der Waals surface area contributed by atoms with Crippen LogP contribution in [-0.4, -0.2) is 0 Å². The Bertz CT molecular complexity index is 328. The molecule has 0 spiro atoms. The van der Waals surface area contributed by atoms with Gasteiger partial charge in [0.15, 0.2) is 0 Å². The molecule has 0 aliphatic heterocycles. The third-order valence-electron chi connectivity index (χ3n) is 3.81. The lowest BCUT2D eigenvalue weighted by Crippen LogP contribution is -1.87. The molecule has 0 saturated heterocycles. The lowest BCUT2D eigenvalue weighted by molar-refractivity contribution is 0.571. The molecule has 0 bridgehead atoms. The van der Waals surface area contributed by atoms with Gasteiger partial charge in [-0.25, -0.2) is 0 Å². The Morgan fingerprint density at radius 1 is 1.21 bits per heavy atom. The van der Waals surface area contributed by atoms with Crippen LogP contribution in [0.3, 0.4) is 0 Å². The van der Waals surface area contributed by atoms with E-state index in [0.29, 0.717) is 0 Å². The molecule has 1 unspecified atom stereocenters. The standard InChI is InChI=1S/C19H30/c1-3-18(2)14-10-7-5-4-6-8-11-15-19-16-12-9-13-17-19/h4,6-7,9-10,12,16,18H,3,5,8,11,13-15,17H2,1-2H3. The molecule has 0 radical (unpaired) electrons. The summed E-state index contributed by atoms with van der Waals surface area (Å²) in [4.78, 5) is 0. The Labute approximate surface area is 120 Å². The van der Waals surface area contributed by atoms with E-state index in [1.54, 1.807) is 5.57 Å². The molecule has 0 aromatic carbocycles. The van der Waals surface area contributed by atoms with Crippen LogP contribution in [0.15, 0.2) is 48.1 Å². The van der Waals surface area contributed by atoms with Gasteiger partial charge in [-0.05, 0) is 50.9 Å². The largest absolute Gasteiger partial charge is 0.0882 e. The number of rotatable bonds is 9. The predicted octanol–water partition coefficient (Wildman–Crippen LogP) is 6.37. The first-order valence-electron chi connectivity index (χ1n) is 7.97. The molecule has 0 aromatic heterocycles. The Morgan fingerprint density at radius 3 is 2.79 bits per heavy atom. The highest BCUT2D eigenvalue weighted by molar-refractivity contribution is 5.17. The first-order chi connectivity index (χ1) is 9.33. The second kappa shape index (κ2) is 10.8. The zero-order valence-corrected chi connectivity index (χ0v) is 12.8. The van der Waals surface area contributed by atoms with Crippen LogP contribution in [0.2, 0.25) is 0 Å². The van der Waals surface area contributed by atoms with Gasteiger partial charge in [-0.15, -0.1) is 0 Å². The van der Waals surface area contributed by atoms with Crippen LogP contribution < -0.4 is 0 Å². The molecule has 0 heterocycles. The Hall–Kier alpha value is -1.04. The van der Waals surface area contributed by atoms with Gasteiger partial charge in [-0.1, -0.05) is 68.4 Å². The zero-order valence-electron chi connectivity index (χ0n) is 12.8. The van der Waals surface area contributed by atoms with Crippen molar-refractivity contribution in [3.05, 3.63) is 48.1 Å². The number of hydrogen-bond donors (Lipinski definition) is 0. The van der Waals surface area contributed by atoms with Crippen molar-refractivity contribution in [3.8, 4) is 0 Å². The van der Waals surface area contributed by atoms with Gasteiger partial charge < -0.3 is 0 Å². The maximum Gasteiger partial charge on any atom is -0.0169 e. The molecular weight excluding hydrogens is 228 g/mol. The van der Waals surface area contributed by atoms with Crippen LogP contribution >= 0.6 is 0 Å². The average molecular weight is 258 g/mol. The maximum atomic E-state index is 2.34. The van der Waals surface area contributed by atoms with Crippen LogP contribution in [0.1, 0.15) is 65.2 Å². The lowest BCUT2D eigenvalue weighted by atomic mass is 9.99. The van der Waals surface area contributed by atoms with Crippen LogP contribution in [-0.2, 0) is 0 Å². The van der Waals surface area contributed by atoms with E-state index in [4.69, 9.17) is 0 Å². The summed E-state index contributed by atoms with van der Waals surface area (Å²) in [7, 11) is 0. The molecule has 106 valence electrons. The monoisotopic (exact) mass is 258 g/mol. The normalized spacial score (nSPS) is 17.3. The number of unbranched alkanes of at least 4 members (excludes halogenated alkanes) is 1. The van der Waals surface area contributed by atoms with Crippen LogP contribution in [0.5, 0.6) is 0 Å². The van der Waals surface area contributed by atoms with Gasteiger partial charge in [-0.3, -0.25) is 0 Å². The van der Waals surface area contributed by atoms with Crippen molar-refractivity contribution >= 4 is 0 Å². The molecule has 1 aliphatic carbocycles. The van der Waals surface area contributed by atoms with E-state index >= 15 is 0 Å². The quantitative estimate of drug-likeness (QED) is 0.333. The highest BCUT2D eigenvalue weighted by Gasteiger charge is 1.98. The topological polar surface area (TPSA) is 0 Å². The molecule has 0 fully saturated rings. The van der Waals surface area contributed by atoms with Crippen LogP contribution in [0.25, 0.3) is 0 Å². The van der Waals surface area contributed by atoms with Crippen molar-refractivity contribution in [2.24, 2.45) is 5.92 Å². The fourth-order valence-corrected chi connectivity index (χ4v) is 2.19. The van der Waals surface area contributed by atoms with Gasteiger partial charge in [0.2, 0.25) is 0 Å². The van der Waals surface area contributed by atoms with Crippen molar-refractivity contribution in [3.63, 3.8) is 0 Å². The molecule has 0 nitrogen and oxygen atoms in total. The summed E-state index contributed by atoms with van der Waals surface area (Å²) < 4.78 is 0. The van der Waals surface area contributed by atoms with Gasteiger partial charge in [-0.2, -0.15) is 0 Å². The smallest absolute Gasteiger partial charge is 0.0169 e. The minimum Gasteiger partial charge on any atom is -0.0882 e. The van der Waals surface area contributed by atoms with Gasteiger partial charge >= 0.3 is 0 Å². The van der Waals surface area contributed by atoms with E-state index in [0.717, 1.165) is 12.3 Å². The average Bonchev–Trinajstić information content (AvgIpc) is 2.46. The Balaban J connectivity index is 1.98. The second-order valence-corrected chi connectivity index (χ2v) is 5.61. The summed E-state index contributed by atoms with van der Waals surface area (Å²) in [6.45, 7) is 4.57. The molecule has 0 N–H and O–H groups in total. The van der Waals surface area contributed by atoms with E-state index in [1.807, 2.05) is 0 Å². The van der Waals surface area contributed by atoms with Gasteiger partial charge in [0.25, 0.3) is 0 Å². The lowest BCUT2D eigenvalue weighted by Gasteiger charge is -2.07. The van der Waals surface area contributed by atoms with Crippen LogP contribution in [0, 0.1) is 5.92 Å². The van der Waals surface area contributed by atoms with E-state index in [1.165, 1.54) is 44.9 Å². The highest BCUT2D eigenvalue weighted by atomic mass is 14.0. The molecule has 1 rings (SSSR count). The van der Waals surface area contributed by atoms with Crippen molar-refractivity contribution < 1.29 is 0 Å². The fraction of sp³-hybridized carbons (Fsp3) is 0.579. The summed E-state index contributed by atoms with van der Waals surface area (Å²) in [5, 5.41) is 0. The number of allylic oxidation sites excluding steroid dienone is 8. The first-order valence-corrected chi connectivity index (χ1v) is 7.97. The van der Waals surface area contributed by atoms with Gasteiger partial charge in [0.05, 0.1) is 0 Å². The Kier molecular flexibility index (Phi) is 9.14. The molecule has 0 heteroatoms. The second-order valence-electron chi connectivity index (χ2n) is 5.61. The van der Waals surface area contributed by atoms with Crippen LogP contribution in [0.4, 0.5) is 0 Å². The first kappa shape index (κ1) is 16.0. The van der Waals surface area contributed by atoms with Crippen molar-refractivity contribution in [2.75, 3.05) is 0 Å². The van der Waals surface area contributed by atoms with E-state index in [-0.39, 0.29) is 0 Å². The molecule has 0 saturated carbocycles. The predicted molar refractivity (Wildman–Crippen MR) is 87.3 cm³/mol. The van der Waals surface area contributed by atoms with E-state index in [2.05, 4.69) is 56.4 Å².